The van der Waals surface area contributed by atoms with Gasteiger partial charge in [0, 0.05) is 0 Å². The molecule has 21 heavy (non-hydrogen) atoms. The summed E-state index contributed by atoms with van der Waals surface area (Å²) < 4.78 is 5.12. The number of ether oxygens (including phenoxy) is 1. The van der Waals surface area contributed by atoms with Crippen molar-refractivity contribution in [3.05, 3.63) is 0 Å². The van der Waals surface area contributed by atoms with Crippen LogP contribution in [0.1, 0.15) is 59.3 Å². The Balaban J connectivity index is 2.54. The molecular weight excluding hydrogens is 282 g/mol. The van der Waals surface area contributed by atoms with Gasteiger partial charge in [-0.05, 0) is 55.6 Å². The summed E-state index contributed by atoms with van der Waals surface area (Å²) in [6.45, 7) is 7.60. The number of hydrogen-bond acceptors (Lipinski definition) is 4. The summed E-state index contributed by atoms with van der Waals surface area (Å²) in [4.78, 5) is 12.3. The van der Waals surface area contributed by atoms with Crippen LogP contribution in [0.3, 0.4) is 0 Å². The highest BCUT2D eigenvalue weighted by atomic mass is 32.2. The predicted molar refractivity (Wildman–Crippen MR) is 91.8 cm³/mol. The van der Waals surface area contributed by atoms with Crippen LogP contribution < -0.4 is 5.32 Å². The van der Waals surface area contributed by atoms with Crippen LogP contribution in [0.15, 0.2) is 0 Å². The maximum Gasteiger partial charge on any atom is 0.326 e. The summed E-state index contributed by atoms with van der Waals surface area (Å²) in [5.74, 6) is 3.56. The van der Waals surface area contributed by atoms with Crippen LogP contribution >= 0.6 is 11.8 Å². The summed E-state index contributed by atoms with van der Waals surface area (Å²) in [7, 11) is 1.52. The van der Waals surface area contributed by atoms with Gasteiger partial charge in [-0.1, -0.05) is 33.6 Å². The van der Waals surface area contributed by atoms with Gasteiger partial charge >= 0.3 is 5.97 Å². The molecule has 0 saturated heterocycles. The minimum Gasteiger partial charge on any atom is -0.468 e. The van der Waals surface area contributed by atoms with E-state index in [0.717, 1.165) is 50.3 Å². The number of methoxy groups -OCH3 is 1. The van der Waals surface area contributed by atoms with Crippen LogP contribution in [0.4, 0.5) is 0 Å². The largest absolute Gasteiger partial charge is 0.468 e. The molecule has 0 spiro atoms. The maximum atomic E-state index is 12.3. The third kappa shape index (κ3) is 5.17. The lowest BCUT2D eigenvalue weighted by molar-refractivity contribution is -0.150. The molecule has 3 atom stereocenters. The Hall–Kier alpha value is -0.220. The number of nitrogens with one attached hydrogen (secondary N) is 1. The number of carbonyl (C=O) groups is 1. The van der Waals surface area contributed by atoms with Crippen molar-refractivity contribution in [1.29, 1.82) is 0 Å². The van der Waals surface area contributed by atoms with Crippen LogP contribution in [0, 0.1) is 11.8 Å². The molecule has 3 nitrogen and oxygen atoms in total. The van der Waals surface area contributed by atoms with Crippen LogP contribution in [0.5, 0.6) is 0 Å². The number of hydrogen-bond donors (Lipinski definition) is 1. The van der Waals surface area contributed by atoms with E-state index in [2.05, 4.69) is 26.1 Å². The van der Waals surface area contributed by atoms with Gasteiger partial charge in [-0.2, -0.15) is 11.8 Å². The molecule has 1 rings (SSSR count). The highest BCUT2D eigenvalue weighted by molar-refractivity contribution is 7.99. The van der Waals surface area contributed by atoms with E-state index in [4.69, 9.17) is 4.74 Å². The van der Waals surface area contributed by atoms with Gasteiger partial charge in [-0.15, -0.1) is 0 Å². The van der Waals surface area contributed by atoms with Crippen molar-refractivity contribution < 1.29 is 9.53 Å². The van der Waals surface area contributed by atoms with Crippen molar-refractivity contribution in [3.63, 3.8) is 0 Å². The Morgan fingerprint density at radius 3 is 2.86 bits per heavy atom. The van der Waals surface area contributed by atoms with E-state index < -0.39 is 5.54 Å². The zero-order chi connectivity index (χ0) is 15.7. The standard InChI is InChI=1S/C17H33NO2S/c1-5-11-18-17(16(19)20-4)10-7-8-15(17)9-12-21-13-14(3)6-2/h14-15,18H,5-13H2,1-4H3. The SMILES string of the molecule is CCCNC1(C(=O)OC)CCCC1CCSCC(C)CC. The first-order valence-electron chi connectivity index (χ1n) is 8.51. The summed E-state index contributed by atoms with van der Waals surface area (Å²) in [5, 5.41) is 3.52. The van der Waals surface area contributed by atoms with Crippen molar-refractivity contribution in [3.8, 4) is 0 Å². The number of rotatable bonds is 10. The Bertz CT molecular complexity index is 311. The fourth-order valence-corrected chi connectivity index (χ4v) is 4.46. The third-order valence-corrected chi connectivity index (χ3v) is 6.10. The molecule has 0 aromatic heterocycles. The number of carbonyl (C=O) groups excluding carboxylic acids is 1. The quantitative estimate of drug-likeness (QED) is 0.490. The Morgan fingerprint density at radius 1 is 1.48 bits per heavy atom. The second kappa shape index (κ2) is 9.73. The van der Waals surface area contributed by atoms with E-state index in [1.54, 1.807) is 0 Å². The topological polar surface area (TPSA) is 38.3 Å². The zero-order valence-corrected chi connectivity index (χ0v) is 15.1. The van der Waals surface area contributed by atoms with E-state index in [-0.39, 0.29) is 5.97 Å². The van der Waals surface area contributed by atoms with E-state index in [1.165, 1.54) is 19.3 Å². The summed E-state index contributed by atoms with van der Waals surface area (Å²) >= 11 is 2.04. The second-order valence-electron chi connectivity index (χ2n) is 6.36. The molecule has 0 bridgehead atoms. The molecule has 1 saturated carbocycles. The molecular formula is C17H33NO2S. The monoisotopic (exact) mass is 315 g/mol. The smallest absolute Gasteiger partial charge is 0.326 e. The molecule has 1 fully saturated rings. The van der Waals surface area contributed by atoms with Gasteiger partial charge in [0.05, 0.1) is 7.11 Å². The van der Waals surface area contributed by atoms with Gasteiger partial charge in [0.15, 0.2) is 0 Å². The molecule has 0 aromatic rings. The fraction of sp³-hybridized carbons (Fsp3) is 0.941. The first-order valence-corrected chi connectivity index (χ1v) is 9.67. The third-order valence-electron chi connectivity index (χ3n) is 4.77. The Kier molecular flexibility index (Phi) is 8.72. The first kappa shape index (κ1) is 18.8. The van der Waals surface area contributed by atoms with Gasteiger partial charge in [-0.3, -0.25) is 4.79 Å². The molecule has 1 aliphatic rings. The molecule has 0 radical (unpaired) electrons. The predicted octanol–water partition coefficient (Wildman–Crippen LogP) is 3.87. The first-order chi connectivity index (χ1) is 10.1. The van der Waals surface area contributed by atoms with Crippen molar-refractivity contribution in [2.75, 3.05) is 25.2 Å². The zero-order valence-electron chi connectivity index (χ0n) is 14.2. The number of esters is 1. The highest BCUT2D eigenvalue weighted by Gasteiger charge is 2.48. The second-order valence-corrected chi connectivity index (χ2v) is 7.51. The fourth-order valence-electron chi connectivity index (χ4n) is 3.20. The van der Waals surface area contributed by atoms with Crippen molar-refractivity contribution in [2.24, 2.45) is 11.8 Å². The molecule has 0 aromatic carbocycles. The van der Waals surface area contributed by atoms with E-state index in [9.17, 15) is 4.79 Å². The van der Waals surface area contributed by atoms with Crippen LogP contribution in [0.2, 0.25) is 0 Å². The lowest BCUT2D eigenvalue weighted by atomic mass is 9.85. The molecule has 1 aliphatic carbocycles. The molecule has 0 heterocycles. The Morgan fingerprint density at radius 2 is 2.24 bits per heavy atom. The minimum atomic E-state index is -0.415. The van der Waals surface area contributed by atoms with Crippen LogP contribution in [0.25, 0.3) is 0 Å². The highest BCUT2D eigenvalue weighted by Crippen LogP contribution is 2.39. The lowest BCUT2D eigenvalue weighted by Gasteiger charge is -2.34. The summed E-state index contributed by atoms with van der Waals surface area (Å²) in [5.41, 5.74) is -0.415. The average Bonchev–Trinajstić information content (AvgIpc) is 2.92. The normalized spacial score (nSPS) is 26.8. The average molecular weight is 316 g/mol. The van der Waals surface area contributed by atoms with Gasteiger partial charge in [0.1, 0.15) is 5.54 Å². The van der Waals surface area contributed by atoms with Crippen LogP contribution in [-0.4, -0.2) is 36.7 Å². The summed E-state index contributed by atoms with van der Waals surface area (Å²) in [6.07, 6.45) is 6.63. The molecule has 0 amide bonds. The van der Waals surface area contributed by atoms with Gasteiger partial charge in [-0.25, -0.2) is 0 Å². The molecule has 1 N–H and O–H groups in total. The van der Waals surface area contributed by atoms with Crippen molar-refractivity contribution in [2.45, 2.75) is 64.8 Å². The minimum absolute atomic E-state index is 0.0506. The van der Waals surface area contributed by atoms with Gasteiger partial charge in [0.2, 0.25) is 0 Å². The van der Waals surface area contributed by atoms with E-state index in [1.807, 2.05) is 11.8 Å². The van der Waals surface area contributed by atoms with Crippen LogP contribution in [-0.2, 0) is 9.53 Å². The molecule has 124 valence electrons. The van der Waals surface area contributed by atoms with Gasteiger partial charge < -0.3 is 10.1 Å². The molecule has 4 heteroatoms. The summed E-state index contributed by atoms with van der Waals surface area (Å²) in [6, 6.07) is 0. The van der Waals surface area contributed by atoms with Crippen molar-refractivity contribution in [1.82, 2.24) is 5.32 Å². The van der Waals surface area contributed by atoms with E-state index in [0.29, 0.717) is 5.92 Å². The maximum absolute atomic E-state index is 12.3. The lowest BCUT2D eigenvalue weighted by Crippen LogP contribution is -2.55. The van der Waals surface area contributed by atoms with Gasteiger partial charge in [0.25, 0.3) is 0 Å². The molecule has 0 aliphatic heterocycles. The van der Waals surface area contributed by atoms with E-state index >= 15 is 0 Å². The van der Waals surface area contributed by atoms with Crippen molar-refractivity contribution >= 4 is 17.7 Å². The molecule has 3 unspecified atom stereocenters. The number of thioether (sulfide) groups is 1. The Labute approximate surface area is 135 Å².